The molecule has 0 bridgehead atoms. The molecule has 7 nitrogen and oxygen atoms in total. The average Bonchev–Trinajstić information content (AvgIpc) is 3.17. The van der Waals surface area contributed by atoms with Crippen LogP contribution in [0.25, 0.3) is 0 Å². The fourth-order valence-corrected chi connectivity index (χ4v) is 5.25. The summed E-state index contributed by atoms with van der Waals surface area (Å²) in [5.41, 5.74) is 0.255. The van der Waals surface area contributed by atoms with Crippen LogP contribution in [0.2, 0.25) is 0 Å². The summed E-state index contributed by atoms with van der Waals surface area (Å²) >= 11 is 0. The lowest BCUT2D eigenvalue weighted by Gasteiger charge is -2.38. The third-order valence-corrected chi connectivity index (χ3v) is 7.26. The molecule has 2 N–H and O–H groups in total. The van der Waals surface area contributed by atoms with Gasteiger partial charge in [-0.05, 0) is 43.0 Å². The molecule has 35 heavy (non-hydrogen) atoms. The molecule has 5 rings (SSSR count). The maximum absolute atomic E-state index is 13.7. The number of amides is 3. The van der Waals surface area contributed by atoms with Gasteiger partial charge in [0.2, 0.25) is 0 Å². The maximum Gasteiger partial charge on any atom is 0.325 e. The Balaban J connectivity index is 1.24. The van der Waals surface area contributed by atoms with Crippen LogP contribution in [-0.4, -0.2) is 58.0 Å². The number of hydrogen-bond donors (Lipinski definition) is 2. The number of nitrogens with one attached hydrogen (secondary N) is 1. The fraction of sp³-hybridized carbons (Fsp3) is 0.321. The first-order valence-corrected chi connectivity index (χ1v) is 12.1. The van der Waals surface area contributed by atoms with Crippen LogP contribution in [0.1, 0.15) is 36.0 Å². The van der Waals surface area contributed by atoms with E-state index in [1.807, 2.05) is 66.7 Å². The number of aliphatic hydroxyl groups is 1. The van der Waals surface area contributed by atoms with E-state index in [0.717, 1.165) is 25.2 Å². The Morgan fingerprint density at radius 1 is 0.829 bits per heavy atom. The third kappa shape index (κ3) is 4.33. The number of rotatable bonds is 7. The molecule has 0 saturated carbocycles. The minimum atomic E-state index is -1.27. The highest BCUT2D eigenvalue weighted by Crippen LogP contribution is 2.36. The van der Waals surface area contributed by atoms with Crippen molar-refractivity contribution in [1.82, 2.24) is 20.1 Å². The quantitative estimate of drug-likeness (QED) is 0.518. The summed E-state index contributed by atoms with van der Waals surface area (Å²) < 4.78 is 0. The summed E-state index contributed by atoms with van der Waals surface area (Å²) in [4.78, 5) is 34.5. The number of carbonyl (C=O) groups is 2. The third-order valence-electron chi connectivity index (χ3n) is 7.26. The minimum absolute atomic E-state index is 0.279. The van der Waals surface area contributed by atoms with E-state index >= 15 is 0 Å². The molecule has 0 radical (unpaired) electrons. The van der Waals surface area contributed by atoms with Gasteiger partial charge in [0.05, 0.1) is 5.60 Å². The molecule has 0 spiro atoms. The van der Waals surface area contributed by atoms with E-state index in [9.17, 15) is 14.7 Å². The van der Waals surface area contributed by atoms with Crippen molar-refractivity contribution < 1.29 is 14.7 Å². The summed E-state index contributed by atoms with van der Waals surface area (Å²) in [7, 11) is 0. The van der Waals surface area contributed by atoms with E-state index in [4.69, 9.17) is 0 Å². The Morgan fingerprint density at radius 3 is 2.09 bits per heavy atom. The van der Waals surface area contributed by atoms with Gasteiger partial charge in [-0.3, -0.25) is 14.7 Å². The molecule has 1 unspecified atom stereocenters. The van der Waals surface area contributed by atoms with Gasteiger partial charge in [0.1, 0.15) is 0 Å². The van der Waals surface area contributed by atoms with E-state index in [1.54, 1.807) is 18.5 Å². The van der Waals surface area contributed by atoms with Gasteiger partial charge in [-0.1, -0.05) is 66.7 Å². The number of aromatic nitrogens is 1. The maximum atomic E-state index is 13.7. The molecule has 2 aliphatic heterocycles. The minimum Gasteiger partial charge on any atom is -0.385 e. The van der Waals surface area contributed by atoms with Gasteiger partial charge < -0.3 is 15.3 Å². The van der Waals surface area contributed by atoms with Crippen LogP contribution in [0, 0.1) is 0 Å². The van der Waals surface area contributed by atoms with Crippen LogP contribution in [0.4, 0.5) is 4.79 Å². The Bertz CT molecular complexity index is 1120. The first kappa shape index (κ1) is 23.2. The second kappa shape index (κ2) is 9.60. The number of hydrogen-bond acceptors (Lipinski definition) is 5. The number of urea groups is 1. The van der Waals surface area contributed by atoms with Crippen LogP contribution in [0.15, 0.2) is 85.2 Å². The summed E-state index contributed by atoms with van der Waals surface area (Å²) in [6.45, 7) is 2.64. The van der Waals surface area contributed by atoms with Crippen molar-refractivity contribution in [3.05, 3.63) is 102 Å². The van der Waals surface area contributed by atoms with Crippen LogP contribution in [-0.2, 0) is 15.9 Å². The Labute approximate surface area is 205 Å². The zero-order valence-corrected chi connectivity index (χ0v) is 19.6. The first-order valence-electron chi connectivity index (χ1n) is 12.1. The summed E-state index contributed by atoms with van der Waals surface area (Å²) in [5.74, 6) is -0.279. The Hall–Kier alpha value is -3.55. The van der Waals surface area contributed by atoms with Gasteiger partial charge in [0.25, 0.3) is 5.91 Å². The predicted octanol–water partition coefficient (Wildman–Crippen LogP) is 3.25. The summed E-state index contributed by atoms with van der Waals surface area (Å²) in [6, 6.07) is 22.4. The Kier molecular flexibility index (Phi) is 6.36. The average molecular weight is 471 g/mol. The molecule has 7 heteroatoms. The zero-order chi connectivity index (χ0) is 24.3. The molecule has 2 fully saturated rings. The van der Waals surface area contributed by atoms with E-state index in [2.05, 4.69) is 15.2 Å². The van der Waals surface area contributed by atoms with Crippen LogP contribution in [0.5, 0.6) is 0 Å². The van der Waals surface area contributed by atoms with Crippen LogP contribution < -0.4 is 5.32 Å². The van der Waals surface area contributed by atoms with Crippen molar-refractivity contribution >= 4 is 11.9 Å². The number of piperidine rings is 1. The van der Waals surface area contributed by atoms with Crippen molar-refractivity contribution in [2.24, 2.45) is 0 Å². The SMILES string of the molecule is O=C1NC(c2ccccc2)(c2cccnc2)C(=O)N1CCCN1CCC(O)(c2ccccc2)CC1. The highest BCUT2D eigenvalue weighted by molar-refractivity contribution is 6.09. The molecule has 2 aliphatic rings. The van der Waals surface area contributed by atoms with Gasteiger partial charge in [-0.25, -0.2) is 4.79 Å². The largest absolute Gasteiger partial charge is 0.385 e. The molecule has 2 aromatic carbocycles. The van der Waals surface area contributed by atoms with Gasteiger partial charge in [-0.15, -0.1) is 0 Å². The number of benzene rings is 2. The lowest BCUT2D eigenvalue weighted by Crippen LogP contribution is -2.45. The monoisotopic (exact) mass is 470 g/mol. The van der Waals surface area contributed by atoms with Gasteiger partial charge >= 0.3 is 6.03 Å². The van der Waals surface area contributed by atoms with Gasteiger partial charge in [-0.2, -0.15) is 0 Å². The fourth-order valence-electron chi connectivity index (χ4n) is 5.25. The van der Waals surface area contributed by atoms with Gasteiger partial charge in [0, 0.05) is 37.6 Å². The molecule has 180 valence electrons. The number of pyridine rings is 1. The number of likely N-dealkylation sites (tertiary alicyclic amines) is 1. The number of carbonyl (C=O) groups excluding carboxylic acids is 2. The van der Waals surface area contributed by atoms with E-state index < -0.39 is 11.1 Å². The molecule has 2 saturated heterocycles. The predicted molar refractivity (Wildman–Crippen MR) is 132 cm³/mol. The lowest BCUT2D eigenvalue weighted by molar-refractivity contribution is -0.130. The second-order valence-corrected chi connectivity index (χ2v) is 9.34. The normalized spacial score (nSPS) is 22.3. The molecule has 3 heterocycles. The first-order chi connectivity index (χ1) is 17.0. The van der Waals surface area contributed by atoms with Crippen molar-refractivity contribution in [3.8, 4) is 0 Å². The highest BCUT2D eigenvalue weighted by Gasteiger charge is 2.53. The number of nitrogens with zero attached hydrogens (tertiary/aromatic N) is 3. The van der Waals surface area contributed by atoms with Crippen LogP contribution >= 0.6 is 0 Å². The second-order valence-electron chi connectivity index (χ2n) is 9.34. The van der Waals surface area contributed by atoms with Crippen molar-refractivity contribution in [3.63, 3.8) is 0 Å². The summed E-state index contributed by atoms with van der Waals surface area (Å²) in [6.07, 6.45) is 5.28. The molecule has 0 aliphatic carbocycles. The van der Waals surface area contributed by atoms with E-state index in [0.29, 0.717) is 36.9 Å². The Morgan fingerprint density at radius 2 is 1.46 bits per heavy atom. The molecule has 3 aromatic rings. The molecule has 1 atom stereocenters. The molecular formula is C28H30N4O3. The molecule has 1 aromatic heterocycles. The lowest BCUT2D eigenvalue weighted by atomic mass is 9.83. The standard InChI is InChI=1S/C28H30N4O3/c33-25-28(23-11-5-2-6-12-23,24-13-7-16-29-21-24)30-26(34)32(25)18-8-17-31-19-14-27(35,15-20-31)22-9-3-1-4-10-22/h1-7,9-13,16,21,35H,8,14-15,17-20H2,(H,30,34). The van der Waals surface area contributed by atoms with E-state index in [-0.39, 0.29) is 11.9 Å². The smallest absolute Gasteiger partial charge is 0.325 e. The zero-order valence-electron chi connectivity index (χ0n) is 19.6. The van der Waals surface area contributed by atoms with Crippen molar-refractivity contribution in [1.29, 1.82) is 0 Å². The van der Waals surface area contributed by atoms with Crippen LogP contribution in [0.3, 0.4) is 0 Å². The van der Waals surface area contributed by atoms with Crippen molar-refractivity contribution in [2.45, 2.75) is 30.4 Å². The summed E-state index contributed by atoms with van der Waals surface area (Å²) in [5, 5.41) is 14.0. The van der Waals surface area contributed by atoms with Gasteiger partial charge in [0.15, 0.2) is 5.54 Å². The van der Waals surface area contributed by atoms with E-state index in [1.165, 1.54) is 4.90 Å². The number of imide groups is 1. The van der Waals surface area contributed by atoms with Crippen molar-refractivity contribution in [2.75, 3.05) is 26.2 Å². The highest BCUT2D eigenvalue weighted by atomic mass is 16.3. The molecular weight excluding hydrogens is 440 g/mol. The molecule has 3 amide bonds. The topological polar surface area (TPSA) is 85.8 Å².